The summed E-state index contributed by atoms with van der Waals surface area (Å²) in [5.41, 5.74) is 9.46. The van der Waals surface area contributed by atoms with Crippen molar-refractivity contribution in [2.24, 2.45) is 0 Å². The van der Waals surface area contributed by atoms with Crippen molar-refractivity contribution in [2.45, 2.75) is 0 Å². The molecule has 0 aliphatic heterocycles. The first kappa shape index (κ1) is 27.9. The summed E-state index contributed by atoms with van der Waals surface area (Å²) < 4.78 is 5.09. The second kappa shape index (κ2) is 11.2. The third-order valence-corrected chi connectivity index (χ3v) is 11.0. The van der Waals surface area contributed by atoms with Crippen molar-refractivity contribution < 1.29 is 0 Å². The highest BCUT2D eigenvalue weighted by atomic mass is 32.1. The van der Waals surface area contributed by atoms with Gasteiger partial charge in [-0.05, 0) is 77.2 Å². The van der Waals surface area contributed by atoms with Crippen LogP contribution in [-0.4, -0.2) is 4.57 Å². The van der Waals surface area contributed by atoms with E-state index in [0.717, 1.165) is 22.7 Å². The third-order valence-electron chi connectivity index (χ3n) is 9.78. The Labute approximate surface area is 288 Å². The molecular weight excluding hydrogens is 613 g/mol. The molecular formula is C46H30N2S. The molecule has 0 saturated heterocycles. The van der Waals surface area contributed by atoms with Crippen molar-refractivity contribution in [1.29, 1.82) is 0 Å². The number of nitrogens with zero attached hydrogens (tertiary/aromatic N) is 2. The van der Waals surface area contributed by atoms with Gasteiger partial charge in [0.15, 0.2) is 0 Å². The molecule has 2 aromatic heterocycles. The van der Waals surface area contributed by atoms with E-state index in [1.807, 2.05) is 11.3 Å². The summed E-state index contributed by atoms with van der Waals surface area (Å²) in [4.78, 5) is 2.34. The van der Waals surface area contributed by atoms with E-state index in [9.17, 15) is 0 Å². The highest BCUT2D eigenvalue weighted by molar-refractivity contribution is 7.26. The van der Waals surface area contributed by atoms with Crippen molar-refractivity contribution in [3.63, 3.8) is 0 Å². The normalized spacial score (nSPS) is 11.7. The minimum atomic E-state index is 1.11. The van der Waals surface area contributed by atoms with Crippen LogP contribution in [-0.2, 0) is 0 Å². The van der Waals surface area contributed by atoms with Crippen LogP contribution in [0.5, 0.6) is 0 Å². The van der Waals surface area contributed by atoms with E-state index in [-0.39, 0.29) is 0 Å². The monoisotopic (exact) mass is 642 g/mol. The largest absolute Gasteiger partial charge is 0.311 e. The number of aromatic nitrogens is 1. The van der Waals surface area contributed by atoms with Crippen molar-refractivity contribution in [3.8, 4) is 16.8 Å². The summed E-state index contributed by atoms with van der Waals surface area (Å²) in [6, 6.07) is 66.0. The number of para-hydroxylation sites is 2. The number of thiophene rings is 1. The SMILES string of the molecule is c1ccc(N(c2ccc(-c3cccc4c3sc3ccccc34)cc2)c2ccc(-n3c4ccccc4c4ccc5ccccc5c43)cc2)cc1. The second-order valence-electron chi connectivity index (χ2n) is 12.6. The van der Waals surface area contributed by atoms with E-state index >= 15 is 0 Å². The highest BCUT2D eigenvalue weighted by Crippen LogP contribution is 2.42. The number of rotatable bonds is 5. The molecule has 10 aromatic rings. The fourth-order valence-electron chi connectivity index (χ4n) is 7.54. The van der Waals surface area contributed by atoms with E-state index in [1.165, 1.54) is 63.9 Å². The maximum absolute atomic E-state index is 2.42. The Kier molecular flexibility index (Phi) is 6.39. The van der Waals surface area contributed by atoms with Gasteiger partial charge < -0.3 is 9.47 Å². The van der Waals surface area contributed by atoms with Gasteiger partial charge in [0.1, 0.15) is 0 Å². The maximum atomic E-state index is 2.42. The fraction of sp³-hybridized carbons (Fsp3) is 0. The molecule has 0 aliphatic carbocycles. The van der Waals surface area contributed by atoms with Crippen LogP contribution in [0.15, 0.2) is 182 Å². The fourth-order valence-corrected chi connectivity index (χ4v) is 8.78. The van der Waals surface area contributed by atoms with Gasteiger partial charge in [-0.2, -0.15) is 0 Å². The molecule has 0 bridgehead atoms. The first-order valence-corrected chi connectivity index (χ1v) is 17.5. The quantitative estimate of drug-likeness (QED) is 0.181. The zero-order chi connectivity index (χ0) is 32.3. The number of anilines is 3. The Morgan fingerprint density at radius 1 is 0.408 bits per heavy atom. The predicted octanol–water partition coefficient (Wildman–Crippen LogP) is 13.4. The molecule has 49 heavy (non-hydrogen) atoms. The molecule has 0 aliphatic rings. The van der Waals surface area contributed by atoms with Gasteiger partial charge in [0.2, 0.25) is 0 Å². The molecule has 0 unspecified atom stereocenters. The van der Waals surface area contributed by atoms with Crippen LogP contribution in [0.3, 0.4) is 0 Å². The lowest BCUT2D eigenvalue weighted by Crippen LogP contribution is -2.10. The van der Waals surface area contributed by atoms with Gasteiger partial charge in [0.25, 0.3) is 0 Å². The van der Waals surface area contributed by atoms with E-state index in [2.05, 4.69) is 191 Å². The lowest BCUT2D eigenvalue weighted by molar-refractivity contribution is 1.18. The van der Waals surface area contributed by atoms with E-state index in [0.29, 0.717) is 0 Å². The Hall–Kier alpha value is -6.16. The molecule has 10 rings (SSSR count). The molecule has 2 nitrogen and oxygen atoms in total. The average molecular weight is 643 g/mol. The average Bonchev–Trinajstić information content (AvgIpc) is 3.72. The molecule has 0 N–H and O–H groups in total. The van der Waals surface area contributed by atoms with Crippen LogP contribution in [0.4, 0.5) is 17.1 Å². The van der Waals surface area contributed by atoms with Crippen molar-refractivity contribution >= 4 is 81.1 Å². The van der Waals surface area contributed by atoms with Crippen LogP contribution < -0.4 is 4.90 Å². The molecule has 0 fully saturated rings. The molecule has 230 valence electrons. The van der Waals surface area contributed by atoms with Crippen molar-refractivity contribution in [2.75, 3.05) is 4.90 Å². The van der Waals surface area contributed by atoms with E-state index in [4.69, 9.17) is 0 Å². The minimum Gasteiger partial charge on any atom is -0.311 e. The van der Waals surface area contributed by atoms with E-state index in [1.54, 1.807) is 0 Å². The zero-order valence-electron chi connectivity index (χ0n) is 26.6. The van der Waals surface area contributed by atoms with Crippen LogP contribution in [0.25, 0.3) is 69.6 Å². The first-order valence-electron chi connectivity index (χ1n) is 16.7. The Bertz CT molecular complexity index is 2810. The molecule has 0 atom stereocenters. The van der Waals surface area contributed by atoms with E-state index < -0.39 is 0 Å². The van der Waals surface area contributed by atoms with Crippen molar-refractivity contribution in [3.05, 3.63) is 182 Å². The lowest BCUT2D eigenvalue weighted by atomic mass is 10.0. The molecule has 8 aromatic carbocycles. The Morgan fingerprint density at radius 3 is 1.86 bits per heavy atom. The number of hydrogen-bond donors (Lipinski definition) is 0. The van der Waals surface area contributed by atoms with Gasteiger partial charge >= 0.3 is 0 Å². The summed E-state index contributed by atoms with van der Waals surface area (Å²) in [6.45, 7) is 0. The predicted molar refractivity (Wildman–Crippen MR) is 211 cm³/mol. The number of benzene rings is 8. The second-order valence-corrected chi connectivity index (χ2v) is 13.6. The molecule has 0 spiro atoms. The smallest absolute Gasteiger partial charge is 0.0619 e. The van der Waals surface area contributed by atoms with Crippen LogP contribution in [0.2, 0.25) is 0 Å². The first-order chi connectivity index (χ1) is 24.3. The zero-order valence-corrected chi connectivity index (χ0v) is 27.4. The minimum absolute atomic E-state index is 1.11. The highest BCUT2D eigenvalue weighted by Gasteiger charge is 2.17. The van der Waals surface area contributed by atoms with Gasteiger partial charge in [-0.25, -0.2) is 0 Å². The summed E-state index contributed by atoms with van der Waals surface area (Å²) in [7, 11) is 0. The van der Waals surface area contributed by atoms with Gasteiger partial charge in [0, 0.05) is 59.1 Å². The molecule has 0 radical (unpaired) electrons. The Balaban J connectivity index is 1.08. The third kappa shape index (κ3) is 4.47. The summed E-state index contributed by atoms with van der Waals surface area (Å²) in [6.07, 6.45) is 0. The molecule has 2 heterocycles. The van der Waals surface area contributed by atoms with Gasteiger partial charge in [-0.3, -0.25) is 0 Å². The van der Waals surface area contributed by atoms with Gasteiger partial charge in [-0.15, -0.1) is 11.3 Å². The number of fused-ring (bicyclic) bond motifs is 8. The molecule has 0 amide bonds. The molecule has 3 heteroatoms. The molecule has 0 saturated carbocycles. The standard InChI is InChI=1S/C46H30N2S/c1-2-12-33(13-3-1)47(34-24-21-32(22-25-34)38-17-10-18-42-40-16-7-9-20-44(40)49-46(38)42)35-26-28-36(29-27-35)48-43-19-8-6-15-39(43)41-30-23-31-11-4-5-14-37(31)45(41)48/h1-30H. The van der Waals surface area contributed by atoms with Crippen molar-refractivity contribution in [1.82, 2.24) is 4.57 Å². The lowest BCUT2D eigenvalue weighted by Gasteiger charge is -2.26. The topological polar surface area (TPSA) is 8.17 Å². The summed E-state index contributed by atoms with van der Waals surface area (Å²) in [5, 5.41) is 7.70. The van der Waals surface area contributed by atoms with Gasteiger partial charge in [0.05, 0.1) is 11.0 Å². The Morgan fingerprint density at radius 2 is 1.04 bits per heavy atom. The van der Waals surface area contributed by atoms with Crippen LogP contribution in [0, 0.1) is 0 Å². The summed E-state index contributed by atoms with van der Waals surface area (Å²) >= 11 is 1.88. The summed E-state index contributed by atoms with van der Waals surface area (Å²) in [5.74, 6) is 0. The van der Waals surface area contributed by atoms with Crippen LogP contribution >= 0.6 is 11.3 Å². The maximum Gasteiger partial charge on any atom is 0.0619 e. The number of hydrogen-bond acceptors (Lipinski definition) is 2. The van der Waals surface area contributed by atoms with Crippen LogP contribution in [0.1, 0.15) is 0 Å². The van der Waals surface area contributed by atoms with Gasteiger partial charge in [-0.1, -0.05) is 121 Å².